The number of halogens is 3. The average molecular weight is 496 g/mol. The van der Waals surface area contributed by atoms with Gasteiger partial charge in [0.25, 0.3) is 0 Å². The molecule has 27 heavy (non-hydrogen) atoms. The van der Waals surface area contributed by atoms with Crippen LogP contribution in [0.4, 0.5) is 8.78 Å². The number of rotatable bonds is 6. The topological polar surface area (TPSA) is 81.3 Å². The molecular weight excluding hydrogens is 481 g/mol. The van der Waals surface area contributed by atoms with E-state index in [0.717, 1.165) is 17.2 Å². The van der Waals surface area contributed by atoms with Gasteiger partial charge in [-0.3, -0.25) is 4.57 Å². The Balaban J connectivity index is -0.00000169. The predicted octanol–water partition coefficient (Wildman–Crippen LogP) is -0.786. The van der Waals surface area contributed by atoms with E-state index < -0.39 is 18.8 Å². The summed E-state index contributed by atoms with van der Waals surface area (Å²) >= 11 is 4.52. The Labute approximate surface area is 216 Å². The van der Waals surface area contributed by atoms with Gasteiger partial charge in [0.15, 0.2) is 0 Å². The number of nitrogens with zero attached hydrogens (tertiary/aromatic N) is 1. The van der Waals surface area contributed by atoms with Crippen molar-refractivity contribution in [3.8, 4) is 6.07 Å². The molecule has 0 bridgehead atoms. The van der Waals surface area contributed by atoms with Crippen LogP contribution in [0.15, 0.2) is 46.9 Å². The fourth-order valence-corrected chi connectivity index (χ4v) is 4.29. The van der Waals surface area contributed by atoms with Crippen LogP contribution in [0.1, 0.15) is 25.1 Å². The van der Waals surface area contributed by atoms with Crippen LogP contribution in [0, 0.1) is 11.3 Å². The Morgan fingerprint density at radius 2 is 1.63 bits per heavy atom. The van der Waals surface area contributed by atoms with Gasteiger partial charge < -0.3 is 12.6 Å². The van der Waals surface area contributed by atoms with E-state index in [2.05, 4.69) is 15.9 Å². The van der Waals surface area contributed by atoms with E-state index in [1.165, 1.54) is 12.1 Å². The number of alkyl halides is 2. The van der Waals surface area contributed by atoms with E-state index in [9.17, 15) is 13.3 Å². The molecule has 0 heterocycles. The summed E-state index contributed by atoms with van der Waals surface area (Å²) in [5.41, 5.74) is -2.61. The van der Waals surface area contributed by atoms with E-state index in [1.807, 2.05) is 18.2 Å². The van der Waals surface area contributed by atoms with Crippen LogP contribution in [0.3, 0.4) is 0 Å². The van der Waals surface area contributed by atoms with Crippen LogP contribution in [-0.2, 0) is 21.7 Å². The van der Waals surface area contributed by atoms with Gasteiger partial charge in [-0.1, -0.05) is 40.2 Å². The smallest absolute Gasteiger partial charge is 1.00 e. The Bertz CT molecular complexity index is 870. The second kappa shape index (κ2) is 11.8. The summed E-state index contributed by atoms with van der Waals surface area (Å²) in [6.07, 6.45) is 0. The summed E-state index contributed by atoms with van der Waals surface area (Å²) in [5, 5.41) is 8.75. The maximum absolute atomic E-state index is 13.8. The van der Waals surface area contributed by atoms with Crippen LogP contribution in [0.2, 0.25) is 0 Å². The molecule has 2 aromatic rings. The quantitative estimate of drug-likeness (QED) is 0.405. The second-order valence-corrected chi connectivity index (χ2v) is 8.69. The summed E-state index contributed by atoms with van der Waals surface area (Å²) in [7, 11) is -5.59. The molecule has 0 atom stereocenters. The van der Waals surface area contributed by atoms with E-state index in [4.69, 9.17) is 15.0 Å². The minimum absolute atomic E-state index is 0. The third kappa shape index (κ3) is 7.51. The molecule has 0 saturated heterocycles. The fraction of sp³-hybridized carbons (Fsp3) is 0.188. The van der Waals surface area contributed by atoms with Crippen LogP contribution in [0.25, 0.3) is 0 Å². The number of benzene rings is 2. The maximum Gasteiger partial charge on any atom is 1.00 e. The van der Waals surface area contributed by atoms with Gasteiger partial charge in [0.05, 0.1) is 11.6 Å². The molecule has 2 N–H and O–H groups in total. The average Bonchev–Trinajstić information content (AvgIpc) is 2.54. The first-order chi connectivity index (χ1) is 11.6. The molecule has 0 fully saturated rings. The molecule has 0 aromatic heterocycles. The van der Waals surface area contributed by atoms with Crippen molar-refractivity contribution in [1.82, 2.24) is 0 Å². The molecule has 2 aromatic carbocycles. The minimum atomic E-state index is -5.59. The van der Waals surface area contributed by atoms with Crippen LogP contribution in [0.5, 0.6) is 0 Å². The zero-order chi connectivity index (χ0) is 18.7. The monoisotopic (exact) mass is 495 g/mol. The van der Waals surface area contributed by atoms with Crippen LogP contribution < -0.4 is 59.1 Å². The molecule has 0 unspecified atom stereocenters. The molecule has 0 aliphatic heterocycles. The molecule has 0 aliphatic rings. The van der Waals surface area contributed by atoms with E-state index >= 15 is 0 Å². The van der Waals surface area contributed by atoms with Gasteiger partial charge in [0.2, 0.25) is 0 Å². The van der Waals surface area contributed by atoms with Crippen molar-refractivity contribution < 1.29 is 85.1 Å². The van der Waals surface area contributed by atoms with Gasteiger partial charge in [-0.25, -0.2) is 0 Å². The van der Waals surface area contributed by atoms with Gasteiger partial charge >= 0.3 is 72.4 Å². The van der Waals surface area contributed by atoms with Gasteiger partial charge in [0, 0.05) is 21.5 Å². The minimum Gasteiger partial charge on any atom is -1.00 e. The third-order valence-corrected chi connectivity index (χ3v) is 6.05. The van der Waals surface area contributed by atoms with Gasteiger partial charge in [-0.15, -0.1) is 0 Å². The van der Waals surface area contributed by atoms with Crippen molar-refractivity contribution in [2.24, 2.45) is 0 Å². The number of nitriles is 1. The van der Waals surface area contributed by atoms with Gasteiger partial charge in [-0.05, 0) is 29.3 Å². The predicted molar refractivity (Wildman–Crippen MR) is 98.5 cm³/mol. The second-order valence-electron chi connectivity index (χ2n) is 5.20. The number of thioether (sulfide) groups is 1. The van der Waals surface area contributed by atoms with Crippen molar-refractivity contribution in [2.45, 2.75) is 17.2 Å². The van der Waals surface area contributed by atoms with Gasteiger partial charge in [-0.2, -0.15) is 25.8 Å². The zero-order valence-corrected chi connectivity index (χ0v) is 22.0. The zero-order valence-electron chi connectivity index (χ0n) is 16.7. The summed E-state index contributed by atoms with van der Waals surface area (Å²) in [6.45, 7) is 0. The number of hydrogen-bond donors (Lipinski definition) is 2. The Morgan fingerprint density at radius 1 is 1.11 bits per heavy atom. The van der Waals surface area contributed by atoms with Crippen molar-refractivity contribution in [3.05, 3.63) is 69.2 Å². The third-order valence-electron chi connectivity index (χ3n) is 3.34. The standard InChI is InChI=1S/C16H13BrF2NO3PS.2Na.2H/c17-15-7-13(5-6-14(15)16(18,19)24(21,22)23)10-25-9-12-3-1-11(8-20)2-4-12;;;;/h1-7H,9-10H2,(H2,21,22,23);;;;/q;2*+1;2*-1. The van der Waals surface area contributed by atoms with Crippen molar-refractivity contribution in [3.63, 3.8) is 0 Å². The Hall–Kier alpha value is 0.770. The fourth-order valence-electron chi connectivity index (χ4n) is 2.01. The number of hydrogen-bond acceptors (Lipinski definition) is 3. The molecule has 0 radical (unpaired) electrons. The van der Waals surface area contributed by atoms with E-state index in [0.29, 0.717) is 17.1 Å². The molecular formula is C16H15BrF2NNa2O3PS. The molecule has 4 nitrogen and oxygen atoms in total. The van der Waals surface area contributed by atoms with Crippen molar-refractivity contribution >= 4 is 35.3 Å². The van der Waals surface area contributed by atoms with E-state index in [-0.39, 0.29) is 66.4 Å². The Morgan fingerprint density at radius 3 is 2.11 bits per heavy atom. The molecule has 11 heteroatoms. The van der Waals surface area contributed by atoms with Crippen LogP contribution >= 0.6 is 35.3 Å². The summed E-state index contributed by atoms with van der Waals surface area (Å²) in [5.74, 6) is 1.23. The van der Waals surface area contributed by atoms with Crippen molar-refractivity contribution in [1.29, 1.82) is 5.26 Å². The van der Waals surface area contributed by atoms with E-state index in [1.54, 1.807) is 23.9 Å². The molecule has 0 spiro atoms. The molecule has 0 amide bonds. The first kappa shape index (κ1) is 27.8. The summed E-state index contributed by atoms with van der Waals surface area (Å²) in [6, 6.07) is 13.1. The molecule has 2 rings (SSSR count). The van der Waals surface area contributed by atoms with Crippen molar-refractivity contribution in [2.75, 3.05) is 0 Å². The SMILES string of the molecule is N#Cc1ccc(CSCc2ccc(C(F)(F)P(=O)(O)O)c(Br)c2)cc1.[H-].[H-].[Na+].[Na+]. The molecule has 136 valence electrons. The Kier molecular flexibility index (Phi) is 12.2. The largest absolute Gasteiger partial charge is 1.00 e. The molecule has 0 aliphatic carbocycles. The summed E-state index contributed by atoms with van der Waals surface area (Å²) < 4.78 is 38.5. The van der Waals surface area contributed by atoms with Gasteiger partial charge in [0.1, 0.15) is 0 Å². The van der Waals surface area contributed by atoms with Crippen LogP contribution in [-0.4, -0.2) is 9.79 Å². The normalized spacial score (nSPS) is 11.1. The first-order valence-corrected chi connectivity index (χ1v) is 10.5. The summed E-state index contributed by atoms with van der Waals surface area (Å²) in [4.78, 5) is 17.6. The molecule has 0 saturated carbocycles. The maximum atomic E-state index is 13.8. The first-order valence-electron chi connectivity index (χ1n) is 6.94.